The number of fused-ring (bicyclic) bond motifs is 1. The van der Waals surface area contributed by atoms with Gasteiger partial charge in [-0.3, -0.25) is 4.79 Å². The van der Waals surface area contributed by atoms with Gasteiger partial charge in [0.2, 0.25) is 5.91 Å². The van der Waals surface area contributed by atoms with Crippen LogP contribution in [0.2, 0.25) is 5.02 Å². The molecule has 0 atom stereocenters. The fraction of sp³-hybridized carbons (Fsp3) is 0.0909. The van der Waals surface area contributed by atoms with Crippen LogP contribution in [0.3, 0.4) is 0 Å². The van der Waals surface area contributed by atoms with Crippen molar-refractivity contribution >= 4 is 34.9 Å². The number of para-hydroxylation sites is 3. The van der Waals surface area contributed by atoms with Crippen LogP contribution in [0.5, 0.6) is 17.2 Å². The van der Waals surface area contributed by atoms with Gasteiger partial charge in [0.1, 0.15) is 12.3 Å². The van der Waals surface area contributed by atoms with Crippen molar-refractivity contribution < 1.29 is 19.1 Å². The molecule has 0 unspecified atom stereocenters. The summed E-state index contributed by atoms with van der Waals surface area (Å²) in [4.78, 5) is 26.2. The van der Waals surface area contributed by atoms with Crippen molar-refractivity contribution in [2.45, 2.75) is 0 Å². The molecule has 4 rings (SSSR count). The maximum atomic E-state index is 12.7. The highest BCUT2D eigenvalue weighted by Gasteiger charge is 2.25. The maximum absolute atomic E-state index is 12.7. The van der Waals surface area contributed by atoms with E-state index in [0.717, 1.165) is 0 Å². The van der Waals surface area contributed by atoms with Crippen LogP contribution in [0, 0.1) is 0 Å². The highest BCUT2D eigenvalue weighted by atomic mass is 35.5. The average molecular weight is 409 g/mol. The zero-order valence-electron chi connectivity index (χ0n) is 15.3. The first kappa shape index (κ1) is 18.8. The predicted octanol–water partition coefficient (Wildman–Crippen LogP) is 4.50. The molecule has 3 aromatic rings. The lowest BCUT2D eigenvalue weighted by Gasteiger charge is -2.29. The molecule has 29 heavy (non-hydrogen) atoms. The van der Waals surface area contributed by atoms with Gasteiger partial charge in [-0.25, -0.2) is 4.79 Å². The number of nitrogens with one attached hydrogen (secondary N) is 1. The lowest BCUT2D eigenvalue weighted by Crippen LogP contribution is -2.41. The Kier molecular flexibility index (Phi) is 5.35. The van der Waals surface area contributed by atoms with E-state index in [9.17, 15) is 9.59 Å². The largest absolute Gasteiger partial charge is 0.455 e. The molecule has 0 saturated heterocycles. The Morgan fingerprint density at radius 2 is 1.83 bits per heavy atom. The summed E-state index contributed by atoms with van der Waals surface area (Å²) in [6.45, 7) is -0.0310. The van der Waals surface area contributed by atoms with Crippen molar-refractivity contribution in [1.29, 1.82) is 0 Å². The van der Waals surface area contributed by atoms with Crippen molar-refractivity contribution in [3.8, 4) is 17.2 Å². The fourth-order valence-corrected chi connectivity index (χ4v) is 3.18. The quantitative estimate of drug-likeness (QED) is 0.497. The lowest BCUT2D eigenvalue weighted by atomic mass is 10.2. The minimum Gasteiger partial charge on any atom is -0.455 e. The number of rotatable bonds is 5. The topological polar surface area (TPSA) is 67.9 Å². The molecular formula is C22H17ClN2O4. The summed E-state index contributed by atoms with van der Waals surface area (Å²) >= 11 is 6.10. The van der Waals surface area contributed by atoms with Crippen molar-refractivity contribution in [2.24, 2.45) is 0 Å². The van der Waals surface area contributed by atoms with Crippen LogP contribution in [-0.4, -0.2) is 25.0 Å². The first-order chi connectivity index (χ1) is 14.1. The third-order valence-electron chi connectivity index (χ3n) is 4.27. The van der Waals surface area contributed by atoms with Gasteiger partial charge in [-0.2, -0.15) is 0 Å². The summed E-state index contributed by atoms with van der Waals surface area (Å²) in [5.41, 5.74) is 1.13. The van der Waals surface area contributed by atoms with Gasteiger partial charge >= 0.3 is 5.97 Å². The number of halogens is 1. The van der Waals surface area contributed by atoms with Crippen molar-refractivity contribution in [3.05, 3.63) is 77.8 Å². The minimum atomic E-state index is -0.410. The van der Waals surface area contributed by atoms with Crippen LogP contribution in [-0.2, 0) is 9.59 Å². The Balaban J connectivity index is 1.52. The maximum Gasteiger partial charge on any atom is 0.331 e. The van der Waals surface area contributed by atoms with E-state index in [4.69, 9.17) is 21.1 Å². The molecule has 0 spiro atoms. The Labute approximate surface area is 172 Å². The van der Waals surface area contributed by atoms with E-state index in [2.05, 4.69) is 5.32 Å². The number of anilines is 2. The second-order valence-corrected chi connectivity index (χ2v) is 6.84. The number of hydrogen-bond acceptors (Lipinski definition) is 5. The summed E-state index contributed by atoms with van der Waals surface area (Å²) in [6.07, 6.45) is 0. The van der Waals surface area contributed by atoms with Crippen LogP contribution in [0.15, 0.2) is 72.8 Å². The molecular weight excluding hydrogens is 392 g/mol. The molecule has 1 aliphatic heterocycles. The number of benzene rings is 3. The van der Waals surface area contributed by atoms with Gasteiger partial charge in [-0.1, -0.05) is 41.9 Å². The molecule has 3 aromatic carbocycles. The first-order valence-corrected chi connectivity index (χ1v) is 9.33. The molecule has 0 bridgehead atoms. The van der Waals surface area contributed by atoms with Crippen LogP contribution >= 0.6 is 11.6 Å². The molecule has 1 N–H and O–H groups in total. The number of amides is 1. The Morgan fingerprint density at radius 1 is 1.07 bits per heavy atom. The Morgan fingerprint density at radius 3 is 2.66 bits per heavy atom. The number of esters is 1. The average Bonchev–Trinajstić information content (AvgIpc) is 2.70. The second kappa shape index (κ2) is 8.24. The lowest BCUT2D eigenvalue weighted by molar-refractivity contribution is -0.133. The molecule has 0 fully saturated rings. The van der Waals surface area contributed by atoms with Crippen molar-refractivity contribution in [3.63, 3.8) is 0 Å². The molecule has 0 aliphatic carbocycles. The van der Waals surface area contributed by atoms with Crippen LogP contribution in [0.4, 0.5) is 11.4 Å². The third-order valence-corrected chi connectivity index (χ3v) is 4.51. The Hall–Kier alpha value is -3.51. The van der Waals surface area contributed by atoms with Gasteiger partial charge in [-0.15, -0.1) is 0 Å². The van der Waals surface area contributed by atoms with E-state index in [1.54, 1.807) is 41.3 Å². The zero-order valence-corrected chi connectivity index (χ0v) is 16.1. The summed E-state index contributed by atoms with van der Waals surface area (Å²) < 4.78 is 11.1. The SMILES string of the molecule is O=C(CN1CC(=O)Oc2ccccc21)Nc1cc(Cl)ccc1Oc1ccccc1. The smallest absolute Gasteiger partial charge is 0.331 e. The minimum absolute atomic E-state index is 0.00660. The van der Waals surface area contributed by atoms with Gasteiger partial charge in [0, 0.05) is 5.02 Å². The number of carbonyl (C=O) groups excluding carboxylic acids is 2. The summed E-state index contributed by atoms with van der Waals surface area (Å²) in [5, 5.41) is 3.29. The van der Waals surface area contributed by atoms with Gasteiger partial charge in [-0.05, 0) is 42.5 Å². The Bertz CT molecular complexity index is 1060. The summed E-state index contributed by atoms with van der Waals surface area (Å²) in [5.74, 6) is 0.819. The molecule has 1 heterocycles. The predicted molar refractivity (Wildman–Crippen MR) is 111 cm³/mol. The molecule has 1 aliphatic rings. The van der Waals surface area contributed by atoms with E-state index in [1.165, 1.54) is 0 Å². The highest BCUT2D eigenvalue weighted by molar-refractivity contribution is 6.31. The van der Waals surface area contributed by atoms with Crippen LogP contribution in [0.25, 0.3) is 0 Å². The van der Waals surface area contributed by atoms with Gasteiger partial charge < -0.3 is 19.7 Å². The normalized spacial score (nSPS) is 12.7. The number of hydrogen-bond donors (Lipinski definition) is 1. The number of carbonyl (C=O) groups is 2. The summed E-state index contributed by atoms with van der Waals surface area (Å²) in [7, 11) is 0. The standard InChI is InChI=1S/C22H17ClN2O4/c23-15-10-11-19(28-16-6-2-1-3-7-16)17(12-15)24-21(26)13-25-14-22(27)29-20-9-5-4-8-18(20)25/h1-12H,13-14H2,(H,24,26). The van der Waals surface area contributed by atoms with E-state index in [1.807, 2.05) is 36.4 Å². The molecule has 0 saturated carbocycles. The molecule has 7 heteroatoms. The van der Waals surface area contributed by atoms with E-state index in [0.29, 0.717) is 33.6 Å². The van der Waals surface area contributed by atoms with Gasteiger partial charge in [0.05, 0.1) is 17.9 Å². The van der Waals surface area contributed by atoms with E-state index < -0.39 is 5.97 Å². The first-order valence-electron chi connectivity index (χ1n) is 8.95. The molecule has 6 nitrogen and oxygen atoms in total. The monoisotopic (exact) mass is 408 g/mol. The second-order valence-electron chi connectivity index (χ2n) is 6.40. The van der Waals surface area contributed by atoms with Crippen LogP contribution < -0.4 is 19.7 Å². The third kappa shape index (κ3) is 4.50. The number of ether oxygens (including phenoxy) is 2. The van der Waals surface area contributed by atoms with E-state index >= 15 is 0 Å². The molecule has 0 aromatic heterocycles. The fourth-order valence-electron chi connectivity index (χ4n) is 3.01. The number of nitrogens with zero attached hydrogens (tertiary/aromatic N) is 1. The van der Waals surface area contributed by atoms with Gasteiger partial charge in [0.15, 0.2) is 11.5 Å². The molecule has 1 amide bonds. The zero-order chi connectivity index (χ0) is 20.2. The van der Waals surface area contributed by atoms with Crippen molar-refractivity contribution in [2.75, 3.05) is 23.3 Å². The molecule has 0 radical (unpaired) electrons. The summed E-state index contributed by atoms with van der Waals surface area (Å²) in [6, 6.07) is 21.3. The van der Waals surface area contributed by atoms with Crippen molar-refractivity contribution in [1.82, 2.24) is 0 Å². The van der Waals surface area contributed by atoms with Gasteiger partial charge in [0.25, 0.3) is 0 Å². The van der Waals surface area contributed by atoms with Crippen LogP contribution in [0.1, 0.15) is 0 Å². The highest BCUT2D eigenvalue weighted by Crippen LogP contribution is 2.33. The van der Waals surface area contributed by atoms with E-state index in [-0.39, 0.29) is 19.0 Å². The molecule has 146 valence electrons.